The Morgan fingerprint density at radius 2 is 1.85 bits per heavy atom. The van der Waals surface area contributed by atoms with Crippen LogP contribution < -0.4 is 16.4 Å². The molecule has 0 radical (unpaired) electrons. The van der Waals surface area contributed by atoms with Gasteiger partial charge in [-0.05, 0) is 37.3 Å². The molecule has 1 aromatic heterocycles. The zero-order chi connectivity index (χ0) is 24.7. The second kappa shape index (κ2) is 11.8. The van der Waals surface area contributed by atoms with Crippen LogP contribution in [0.4, 0.5) is 0 Å². The third-order valence-corrected chi connectivity index (χ3v) is 6.12. The monoisotopic (exact) mass is 470 g/mol. The Kier molecular flexibility index (Phi) is 8.79. The molecule has 1 heterocycles. The molecule has 2 aromatic rings. The molecule has 34 heavy (non-hydrogen) atoms. The molecular weight excluding hydrogens is 436 g/mol. The summed E-state index contributed by atoms with van der Waals surface area (Å²) in [5, 5.41) is 9.95. The highest BCUT2D eigenvalue weighted by Gasteiger charge is 2.34. The Morgan fingerprint density at radius 3 is 2.50 bits per heavy atom. The van der Waals surface area contributed by atoms with Gasteiger partial charge in [-0.25, -0.2) is 4.79 Å². The lowest BCUT2D eigenvalue weighted by Crippen LogP contribution is -2.52. The number of aryl methyl sites for hydroxylation is 1. The number of hydrogen-bond acceptors (Lipinski definition) is 6. The third kappa shape index (κ3) is 6.65. The van der Waals surface area contributed by atoms with Crippen molar-refractivity contribution in [1.29, 1.82) is 0 Å². The number of carbonyl (C=O) groups excluding carboxylic acids is 3. The molecule has 184 valence electrons. The van der Waals surface area contributed by atoms with E-state index in [4.69, 9.17) is 4.42 Å². The molecule has 2 amide bonds. The van der Waals surface area contributed by atoms with Crippen LogP contribution in [0.3, 0.4) is 0 Å². The minimum Gasteiger partial charge on any atom is -0.392 e. The Morgan fingerprint density at radius 1 is 1.15 bits per heavy atom. The minimum absolute atomic E-state index is 0.148. The summed E-state index contributed by atoms with van der Waals surface area (Å²) in [6, 6.07) is 7.85. The van der Waals surface area contributed by atoms with Gasteiger partial charge in [-0.2, -0.15) is 4.68 Å². The summed E-state index contributed by atoms with van der Waals surface area (Å²) in [6.45, 7) is 5.47. The molecule has 3 atom stereocenters. The van der Waals surface area contributed by atoms with E-state index in [1.165, 1.54) is 0 Å². The average molecular weight is 471 g/mol. The maximum Gasteiger partial charge on any atom is 0.437 e. The van der Waals surface area contributed by atoms with Gasteiger partial charge in [0, 0.05) is 18.0 Å². The fourth-order valence-electron chi connectivity index (χ4n) is 4.33. The van der Waals surface area contributed by atoms with E-state index >= 15 is 0 Å². The fourth-order valence-corrected chi connectivity index (χ4v) is 4.33. The molecule has 0 unspecified atom stereocenters. The van der Waals surface area contributed by atoms with Gasteiger partial charge in [0.05, 0.1) is 12.0 Å². The molecule has 0 bridgehead atoms. The van der Waals surface area contributed by atoms with Gasteiger partial charge in [0.2, 0.25) is 11.8 Å². The molecule has 1 aliphatic carbocycles. The summed E-state index contributed by atoms with van der Waals surface area (Å²) in [5.74, 6) is -1.46. The lowest BCUT2D eigenvalue weighted by atomic mass is 9.83. The molecule has 0 spiro atoms. The first-order chi connectivity index (χ1) is 16.3. The molecule has 1 saturated carbocycles. The highest BCUT2D eigenvalue weighted by molar-refractivity contribution is 5.95. The van der Waals surface area contributed by atoms with E-state index in [9.17, 15) is 19.2 Å². The second-order valence-electron chi connectivity index (χ2n) is 9.27. The summed E-state index contributed by atoms with van der Waals surface area (Å²) >= 11 is 0. The van der Waals surface area contributed by atoms with Crippen LogP contribution in [0.5, 0.6) is 0 Å². The SMILES string of the molecule is CCc1nn(CC(=O)[C@H](CC(C)C)NC(=O)[C@@H]2CCCC[C@@H]2NC(=O)c2ccccc2)c(=O)o1. The molecule has 0 saturated heterocycles. The Labute approximate surface area is 199 Å². The number of Topliss-reactive ketones (excluding diaryl/α,β-unsaturated/α-hetero) is 1. The first kappa shape index (κ1) is 25.4. The first-order valence-electron chi connectivity index (χ1n) is 12.0. The number of aromatic nitrogens is 2. The number of amides is 2. The van der Waals surface area contributed by atoms with Crippen molar-refractivity contribution in [1.82, 2.24) is 20.4 Å². The van der Waals surface area contributed by atoms with Crippen molar-refractivity contribution >= 4 is 17.6 Å². The summed E-state index contributed by atoms with van der Waals surface area (Å²) in [5.41, 5.74) is 0.546. The lowest BCUT2D eigenvalue weighted by molar-refractivity contribution is -0.132. The van der Waals surface area contributed by atoms with Crippen molar-refractivity contribution in [2.24, 2.45) is 11.8 Å². The molecular formula is C25H34N4O5. The molecule has 3 rings (SSSR count). The summed E-state index contributed by atoms with van der Waals surface area (Å²) in [4.78, 5) is 50.9. The number of hydrogen-bond donors (Lipinski definition) is 2. The Hall–Kier alpha value is -3.23. The molecule has 1 aliphatic rings. The Balaban J connectivity index is 1.69. The molecule has 1 aromatic carbocycles. The van der Waals surface area contributed by atoms with Crippen LogP contribution in [-0.4, -0.2) is 39.5 Å². The van der Waals surface area contributed by atoms with E-state index in [2.05, 4.69) is 15.7 Å². The molecule has 9 heteroatoms. The van der Waals surface area contributed by atoms with Crippen molar-refractivity contribution in [3.63, 3.8) is 0 Å². The largest absolute Gasteiger partial charge is 0.437 e. The molecule has 0 aliphatic heterocycles. The Bertz CT molecular complexity index is 1040. The van der Waals surface area contributed by atoms with Crippen LogP contribution in [0, 0.1) is 11.8 Å². The maximum atomic E-state index is 13.3. The normalized spacial score (nSPS) is 18.9. The highest BCUT2D eigenvalue weighted by Crippen LogP contribution is 2.25. The van der Waals surface area contributed by atoms with Gasteiger partial charge < -0.3 is 15.1 Å². The van der Waals surface area contributed by atoms with Crippen LogP contribution in [0.1, 0.15) is 69.1 Å². The van der Waals surface area contributed by atoms with E-state index in [1.54, 1.807) is 31.2 Å². The zero-order valence-corrected chi connectivity index (χ0v) is 20.1. The fraction of sp³-hybridized carbons (Fsp3) is 0.560. The van der Waals surface area contributed by atoms with Crippen LogP contribution in [-0.2, 0) is 22.6 Å². The second-order valence-corrected chi connectivity index (χ2v) is 9.27. The lowest BCUT2D eigenvalue weighted by Gasteiger charge is -2.32. The van der Waals surface area contributed by atoms with E-state index in [0.29, 0.717) is 31.2 Å². The number of benzene rings is 1. The zero-order valence-electron chi connectivity index (χ0n) is 20.1. The summed E-state index contributed by atoms with van der Waals surface area (Å²) in [6.07, 6.45) is 4.02. The van der Waals surface area contributed by atoms with Crippen molar-refractivity contribution < 1.29 is 18.8 Å². The van der Waals surface area contributed by atoms with Crippen molar-refractivity contribution in [2.45, 2.75) is 77.9 Å². The molecule has 1 fully saturated rings. The third-order valence-electron chi connectivity index (χ3n) is 6.12. The van der Waals surface area contributed by atoms with Crippen molar-refractivity contribution in [3.8, 4) is 0 Å². The predicted molar refractivity (Wildman–Crippen MR) is 126 cm³/mol. The van der Waals surface area contributed by atoms with E-state index in [0.717, 1.165) is 17.5 Å². The molecule has 9 nitrogen and oxygen atoms in total. The summed E-state index contributed by atoms with van der Waals surface area (Å²) < 4.78 is 6.01. The van der Waals surface area contributed by atoms with E-state index in [-0.39, 0.29) is 42.0 Å². The van der Waals surface area contributed by atoms with Crippen molar-refractivity contribution in [3.05, 3.63) is 52.3 Å². The number of rotatable bonds is 10. The van der Waals surface area contributed by atoms with Crippen LogP contribution >= 0.6 is 0 Å². The van der Waals surface area contributed by atoms with Gasteiger partial charge >= 0.3 is 5.76 Å². The maximum absolute atomic E-state index is 13.3. The van der Waals surface area contributed by atoms with E-state index in [1.807, 2.05) is 19.9 Å². The van der Waals surface area contributed by atoms with Gasteiger partial charge in [0.15, 0.2) is 5.78 Å². The van der Waals surface area contributed by atoms with Gasteiger partial charge in [-0.3, -0.25) is 14.4 Å². The highest BCUT2D eigenvalue weighted by atomic mass is 16.4. The number of nitrogens with zero attached hydrogens (tertiary/aromatic N) is 2. The van der Waals surface area contributed by atoms with Crippen LogP contribution in [0.15, 0.2) is 39.5 Å². The number of carbonyl (C=O) groups is 3. The van der Waals surface area contributed by atoms with Gasteiger partial charge in [0.25, 0.3) is 5.91 Å². The van der Waals surface area contributed by atoms with Gasteiger partial charge in [-0.15, -0.1) is 5.10 Å². The minimum atomic E-state index is -0.756. The van der Waals surface area contributed by atoms with Crippen LogP contribution in [0.2, 0.25) is 0 Å². The first-order valence-corrected chi connectivity index (χ1v) is 12.0. The van der Waals surface area contributed by atoms with Crippen molar-refractivity contribution in [2.75, 3.05) is 0 Å². The topological polar surface area (TPSA) is 123 Å². The average Bonchev–Trinajstić information content (AvgIpc) is 3.18. The number of nitrogens with one attached hydrogen (secondary N) is 2. The summed E-state index contributed by atoms with van der Waals surface area (Å²) in [7, 11) is 0. The molecule has 2 N–H and O–H groups in total. The smallest absolute Gasteiger partial charge is 0.392 e. The quantitative estimate of drug-likeness (QED) is 0.550. The van der Waals surface area contributed by atoms with E-state index < -0.39 is 17.7 Å². The standard InChI is InChI=1S/C25H34N4O5/c1-4-22-28-29(25(33)34-22)15-21(30)20(14-16(2)3)27-24(32)18-12-8-9-13-19(18)26-23(31)17-10-6-5-7-11-17/h5-7,10-11,16,18-20H,4,8-9,12-15H2,1-3H3,(H,26,31)(H,27,32)/t18-,19+,20+/m1/s1. The van der Waals surface area contributed by atoms with Gasteiger partial charge in [-0.1, -0.05) is 51.8 Å². The van der Waals surface area contributed by atoms with Crippen LogP contribution in [0.25, 0.3) is 0 Å². The predicted octanol–water partition coefficient (Wildman–Crippen LogP) is 2.49. The number of ketones is 1. The van der Waals surface area contributed by atoms with Gasteiger partial charge in [0.1, 0.15) is 6.54 Å².